The molecule has 0 bridgehead atoms. The molecule has 122 valence electrons. The number of nitrogen functional groups attached to an aromatic ring is 1. The van der Waals surface area contributed by atoms with Gasteiger partial charge in [-0.3, -0.25) is 0 Å². The van der Waals surface area contributed by atoms with Crippen LogP contribution in [0, 0.1) is 0 Å². The second-order valence-corrected chi connectivity index (χ2v) is 6.26. The van der Waals surface area contributed by atoms with Gasteiger partial charge in [-0.25, -0.2) is 14.8 Å². The molecule has 0 aliphatic rings. The predicted molar refractivity (Wildman–Crippen MR) is 95.9 cm³/mol. The molecule has 0 spiro atoms. The number of nitrogens with two attached hydrogens (primary N) is 1. The summed E-state index contributed by atoms with van der Waals surface area (Å²) in [5.74, 6) is 0.103. The number of nitrogens with zero attached hydrogens (tertiary/aromatic N) is 2. The third kappa shape index (κ3) is 3.14. The second kappa shape index (κ2) is 6.80. The van der Waals surface area contributed by atoms with Crippen LogP contribution in [0.15, 0.2) is 42.6 Å². The molecule has 2 N–H and O–H groups in total. The highest BCUT2D eigenvalue weighted by Gasteiger charge is 2.16. The maximum atomic E-state index is 11.8. The van der Waals surface area contributed by atoms with E-state index in [4.69, 9.17) is 15.5 Å². The standard InChI is InChI=1S/C18H17N3O2S/c1-3-15-21-16(11-5-4-6-13(9-11)18(22)23-2)17(24-15)12-7-8-20-14(19)10-12/h4-10H,3H2,1-2H3,(H2,19,20). The Balaban J connectivity index is 2.14. The zero-order valence-electron chi connectivity index (χ0n) is 13.4. The fourth-order valence-electron chi connectivity index (χ4n) is 2.41. The van der Waals surface area contributed by atoms with Crippen molar-refractivity contribution in [3.05, 3.63) is 53.2 Å². The SMILES string of the molecule is CCc1nc(-c2cccc(C(=O)OC)c2)c(-c2ccnc(N)c2)s1. The minimum atomic E-state index is -0.363. The van der Waals surface area contributed by atoms with E-state index in [1.54, 1.807) is 29.7 Å². The number of carbonyl (C=O) groups is 1. The quantitative estimate of drug-likeness (QED) is 0.731. The first-order valence-electron chi connectivity index (χ1n) is 7.52. The number of hydrogen-bond donors (Lipinski definition) is 1. The number of anilines is 1. The summed E-state index contributed by atoms with van der Waals surface area (Å²) in [5, 5.41) is 1.03. The van der Waals surface area contributed by atoms with Crippen molar-refractivity contribution in [2.75, 3.05) is 12.8 Å². The molecule has 3 aromatic rings. The third-order valence-electron chi connectivity index (χ3n) is 3.57. The lowest BCUT2D eigenvalue weighted by molar-refractivity contribution is 0.0601. The Morgan fingerprint density at radius 3 is 2.79 bits per heavy atom. The van der Waals surface area contributed by atoms with Crippen LogP contribution in [0.3, 0.4) is 0 Å². The smallest absolute Gasteiger partial charge is 0.337 e. The molecule has 2 aromatic heterocycles. The number of methoxy groups -OCH3 is 1. The summed E-state index contributed by atoms with van der Waals surface area (Å²) in [6.07, 6.45) is 2.53. The number of carbonyl (C=O) groups excluding carboxylic acids is 1. The highest BCUT2D eigenvalue weighted by molar-refractivity contribution is 7.15. The highest BCUT2D eigenvalue weighted by Crippen LogP contribution is 2.37. The highest BCUT2D eigenvalue weighted by atomic mass is 32.1. The monoisotopic (exact) mass is 339 g/mol. The number of esters is 1. The first-order chi connectivity index (χ1) is 11.6. The van der Waals surface area contributed by atoms with Gasteiger partial charge in [0.05, 0.1) is 28.3 Å². The van der Waals surface area contributed by atoms with Gasteiger partial charge in [0.15, 0.2) is 0 Å². The van der Waals surface area contributed by atoms with Crippen LogP contribution in [0.25, 0.3) is 21.7 Å². The number of ether oxygens (including phenoxy) is 1. The molecular formula is C18H17N3O2S. The lowest BCUT2D eigenvalue weighted by Gasteiger charge is -2.05. The molecule has 5 nitrogen and oxygen atoms in total. The number of aromatic nitrogens is 2. The van der Waals surface area contributed by atoms with Crippen LogP contribution in [0.2, 0.25) is 0 Å². The molecule has 3 rings (SSSR count). The number of pyridine rings is 1. The molecule has 2 heterocycles. The molecule has 0 unspecified atom stereocenters. The molecule has 0 amide bonds. The Morgan fingerprint density at radius 1 is 1.25 bits per heavy atom. The van der Waals surface area contributed by atoms with E-state index in [9.17, 15) is 4.79 Å². The Kier molecular flexibility index (Phi) is 4.57. The van der Waals surface area contributed by atoms with E-state index in [1.165, 1.54) is 7.11 Å². The summed E-state index contributed by atoms with van der Waals surface area (Å²) >= 11 is 1.63. The van der Waals surface area contributed by atoms with Gasteiger partial charge in [0.1, 0.15) is 5.82 Å². The summed E-state index contributed by atoms with van der Waals surface area (Å²) in [7, 11) is 1.37. The molecular weight excluding hydrogens is 322 g/mol. The number of rotatable bonds is 4. The Bertz CT molecular complexity index is 889. The van der Waals surface area contributed by atoms with Gasteiger partial charge in [-0.1, -0.05) is 19.1 Å². The van der Waals surface area contributed by atoms with Gasteiger partial charge in [0.2, 0.25) is 0 Å². The minimum Gasteiger partial charge on any atom is -0.465 e. The lowest BCUT2D eigenvalue weighted by Crippen LogP contribution is -2.01. The van der Waals surface area contributed by atoms with Crippen molar-refractivity contribution in [1.82, 2.24) is 9.97 Å². The van der Waals surface area contributed by atoms with Crippen molar-refractivity contribution in [3.8, 4) is 21.7 Å². The van der Waals surface area contributed by atoms with Gasteiger partial charge in [0, 0.05) is 11.8 Å². The Morgan fingerprint density at radius 2 is 2.08 bits per heavy atom. The normalized spacial score (nSPS) is 10.6. The van der Waals surface area contributed by atoms with Gasteiger partial charge in [-0.2, -0.15) is 0 Å². The van der Waals surface area contributed by atoms with E-state index < -0.39 is 0 Å². The average molecular weight is 339 g/mol. The first kappa shape index (κ1) is 16.1. The van der Waals surface area contributed by atoms with Gasteiger partial charge in [0.25, 0.3) is 0 Å². The summed E-state index contributed by atoms with van der Waals surface area (Å²) in [4.78, 5) is 21.6. The van der Waals surface area contributed by atoms with Gasteiger partial charge < -0.3 is 10.5 Å². The van der Waals surface area contributed by atoms with Crippen molar-refractivity contribution in [2.24, 2.45) is 0 Å². The zero-order chi connectivity index (χ0) is 17.1. The van der Waals surface area contributed by atoms with Crippen molar-refractivity contribution in [3.63, 3.8) is 0 Å². The van der Waals surface area contributed by atoms with Crippen LogP contribution in [0.1, 0.15) is 22.3 Å². The van der Waals surface area contributed by atoms with Gasteiger partial charge in [-0.05, 0) is 36.2 Å². The van der Waals surface area contributed by atoms with E-state index in [1.807, 2.05) is 24.3 Å². The maximum Gasteiger partial charge on any atom is 0.337 e. The third-order valence-corrected chi connectivity index (χ3v) is 4.82. The summed E-state index contributed by atoms with van der Waals surface area (Å²) < 4.78 is 4.80. The summed E-state index contributed by atoms with van der Waals surface area (Å²) in [5.41, 5.74) is 9.00. The summed E-state index contributed by atoms with van der Waals surface area (Å²) in [6, 6.07) is 11.0. The molecule has 0 radical (unpaired) electrons. The van der Waals surface area contributed by atoms with Crippen molar-refractivity contribution in [1.29, 1.82) is 0 Å². The zero-order valence-corrected chi connectivity index (χ0v) is 14.3. The van der Waals surface area contributed by atoms with E-state index in [-0.39, 0.29) is 5.97 Å². The van der Waals surface area contributed by atoms with E-state index in [0.29, 0.717) is 11.4 Å². The molecule has 0 aliphatic heterocycles. The van der Waals surface area contributed by atoms with E-state index in [2.05, 4.69) is 11.9 Å². The van der Waals surface area contributed by atoms with E-state index >= 15 is 0 Å². The molecule has 0 saturated heterocycles. The largest absolute Gasteiger partial charge is 0.465 e. The Hall–Kier alpha value is -2.73. The minimum absolute atomic E-state index is 0.363. The second-order valence-electron chi connectivity index (χ2n) is 5.18. The van der Waals surface area contributed by atoms with Gasteiger partial charge >= 0.3 is 5.97 Å². The molecule has 24 heavy (non-hydrogen) atoms. The lowest BCUT2D eigenvalue weighted by atomic mass is 10.0. The van der Waals surface area contributed by atoms with Crippen LogP contribution in [-0.4, -0.2) is 23.0 Å². The number of thiazole rings is 1. The van der Waals surface area contributed by atoms with E-state index in [0.717, 1.165) is 33.1 Å². The molecule has 0 fully saturated rings. The van der Waals surface area contributed by atoms with Crippen LogP contribution in [0.4, 0.5) is 5.82 Å². The maximum absolute atomic E-state index is 11.8. The van der Waals surface area contributed by atoms with Gasteiger partial charge in [-0.15, -0.1) is 11.3 Å². The van der Waals surface area contributed by atoms with Crippen LogP contribution >= 0.6 is 11.3 Å². The van der Waals surface area contributed by atoms with Crippen LogP contribution in [0.5, 0.6) is 0 Å². The Labute approximate surface area is 144 Å². The number of hydrogen-bond acceptors (Lipinski definition) is 6. The predicted octanol–water partition coefficient (Wildman–Crippen LogP) is 3.80. The van der Waals surface area contributed by atoms with Crippen molar-refractivity contribution in [2.45, 2.75) is 13.3 Å². The molecule has 0 aliphatic carbocycles. The fraction of sp³-hybridized carbons (Fsp3) is 0.167. The topological polar surface area (TPSA) is 78.1 Å². The fourth-order valence-corrected chi connectivity index (χ4v) is 3.43. The first-order valence-corrected chi connectivity index (χ1v) is 8.34. The van der Waals surface area contributed by atoms with Crippen molar-refractivity contribution >= 4 is 23.1 Å². The van der Waals surface area contributed by atoms with Crippen molar-refractivity contribution < 1.29 is 9.53 Å². The molecule has 1 aromatic carbocycles. The number of benzene rings is 1. The number of aryl methyl sites for hydroxylation is 1. The molecule has 0 atom stereocenters. The summed E-state index contributed by atoms with van der Waals surface area (Å²) in [6.45, 7) is 2.07. The van der Waals surface area contributed by atoms with Crippen LogP contribution < -0.4 is 5.73 Å². The molecule has 0 saturated carbocycles. The van der Waals surface area contributed by atoms with Crippen LogP contribution in [-0.2, 0) is 11.2 Å². The molecule has 6 heteroatoms. The average Bonchev–Trinajstić information content (AvgIpc) is 3.05.